The summed E-state index contributed by atoms with van der Waals surface area (Å²) in [5, 5.41) is 3.04. The van der Waals surface area contributed by atoms with Gasteiger partial charge in [-0.25, -0.2) is 4.98 Å². The third-order valence-corrected chi connectivity index (χ3v) is 6.03. The molecule has 1 N–H and O–H groups in total. The molecule has 1 unspecified atom stereocenters. The number of piperidine rings is 1. The van der Waals surface area contributed by atoms with Gasteiger partial charge < -0.3 is 24.3 Å². The molecule has 1 fully saturated rings. The van der Waals surface area contributed by atoms with E-state index in [1.54, 1.807) is 7.11 Å². The van der Waals surface area contributed by atoms with Crippen LogP contribution in [0.1, 0.15) is 38.1 Å². The second-order valence-corrected chi connectivity index (χ2v) is 8.77. The number of rotatable bonds is 6. The van der Waals surface area contributed by atoms with Crippen LogP contribution < -0.4 is 10.1 Å². The highest BCUT2D eigenvalue weighted by molar-refractivity contribution is 5.81. The molecule has 2 aliphatic rings. The second kappa shape index (κ2) is 8.78. The van der Waals surface area contributed by atoms with Gasteiger partial charge in [0.2, 0.25) is 0 Å². The molecule has 7 nitrogen and oxygen atoms in total. The highest BCUT2D eigenvalue weighted by atomic mass is 16.5. The Morgan fingerprint density at radius 1 is 1.37 bits per heavy atom. The average Bonchev–Trinajstić information content (AvgIpc) is 3.23. The summed E-state index contributed by atoms with van der Waals surface area (Å²) in [6.07, 6.45) is 4.97. The minimum Gasteiger partial charge on any atom is -0.497 e. The number of hydrogen-bond acceptors (Lipinski definition) is 5. The standard InChI is InChI=1S/C23H32N4O3/c1-17(2)15-26-10-7-23(8-11-26)22-24-9-12-27(22)16-20(30-23)21(28)25-14-18-5-4-6-19(13-18)29-3/h4-6,9,12-13,17,20H,7-8,10-11,14-16H2,1-3H3,(H,25,28). The van der Waals surface area contributed by atoms with Crippen molar-refractivity contribution in [3.63, 3.8) is 0 Å². The maximum atomic E-state index is 13.0. The summed E-state index contributed by atoms with van der Waals surface area (Å²) < 4.78 is 13.9. The summed E-state index contributed by atoms with van der Waals surface area (Å²) in [5.41, 5.74) is 0.520. The molecule has 0 bridgehead atoms. The number of imidazole rings is 1. The SMILES string of the molecule is COc1cccc(CNC(=O)C2Cn3ccnc3C3(CCN(CC(C)C)CC3)O2)c1. The Morgan fingerprint density at radius 3 is 2.90 bits per heavy atom. The predicted molar refractivity (Wildman–Crippen MR) is 114 cm³/mol. The molecule has 7 heteroatoms. The van der Waals surface area contributed by atoms with Gasteiger partial charge in [-0.05, 0) is 36.5 Å². The van der Waals surface area contributed by atoms with E-state index < -0.39 is 11.7 Å². The minimum atomic E-state index is -0.519. The summed E-state index contributed by atoms with van der Waals surface area (Å²) in [4.78, 5) is 20.1. The van der Waals surface area contributed by atoms with E-state index in [4.69, 9.17) is 9.47 Å². The quantitative estimate of drug-likeness (QED) is 0.790. The largest absolute Gasteiger partial charge is 0.497 e. The van der Waals surface area contributed by atoms with Crippen LogP contribution in [0, 0.1) is 5.92 Å². The van der Waals surface area contributed by atoms with Crippen molar-refractivity contribution in [2.45, 2.75) is 51.5 Å². The van der Waals surface area contributed by atoms with Crippen LogP contribution in [-0.2, 0) is 28.2 Å². The third-order valence-electron chi connectivity index (χ3n) is 6.03. The Hall–Kier alpha value is -2.38. The number of nitrogens with one attached hydrogen (secondary N) is 1. The van der Waals surface area contributed by atoms with E-state index in [1.807, 2.05) is 36.7 Å². The van der Waals surface area contributed by atoms with Crippen molar-refractivity contribution < 1.29 is 14.3 Å². The van der Waals surface area contributed by atoms with Crippen molar-refractivity contribution in [1.82, 2.24) is 19.8 Å². The van der Waals surface area contributed by atoms with Gasteiger partial charge in [-0.3, -0.25) is 4.79 Å². The molecule has 1 saturated heterocycles. The molecule has 1 atom stereocenters. The summed E-state index contributed by atoms with van der Waals surface area (Å²) in [6.45, 7) is 8.45. The number of ether oxygens (including phenoxy) is 2. The molecule has 0 aliphatic carbocycles. The van der Waals surface area contributed by atoms with Gasteiger partial charge in [-0.15, -0.1) is 0 Å². The van der Waals surface area contributed by atoms with Crippen LogP contribution >= 0.6 is 0 Å². The van der Waals surface area contributed by atoms with E-state index in [-0.39, 0.29) is 5.91 Å². The average molecular weight is 413 g/mol. The monoisotopic (exact) mass is 412 g/mol. The van der Waals surface area contributed by atoms with Crippen molar-refractivity contribution in [3.05, 3.63) is 48.0 Å². The van der Waals surface area contributed by atoms with Crippen LogP contribution in [0.2, 0.25) is 0 Å². The Bertz CT molecular complexity index is 871. The first-order chi connectivity index (χ1) is 14.5. The molecule has 4 rings (SSSR count). The Balaban J connectivity index is 1.43. The Morgan fingerprint density at radius 2 is 2.17 bits per heavy atom. The van der Waals surface area contributed by atoms with Crippen LogP contribution in [0.4, 0.5) is 0 Å². The summed E-state index contributed by atoms with van der Waals surface area (Å²) in [5.74, 6) is 2.30. The van der Waals surface area contributed by atoms with Gasteiger partial charge in [0.1, 0.15) is 17.2 Å². The number of carbonyl (C=O) groups excluding carboxylic acids is 1. The lowest BCUT2D eigenvalue weighted by atomic mass is 9.88. The molecule has 1 amide bonds. The minimum absolute atomic E-state index is 0.0823. The highest BCUT2D eigenvalue weighted by Gasteiger charge is 2.47. The fourth-order valence-corrected chi connectivity index (χ4v) is 4.57. The fourth-order valence-electron chi connectivity index (χ4n) is 4.57. The molecule has 3 heterocycles. The van der Waals surface area contributed by atoms with Gasteiger partial charge in [-0.2, -0.15) is 0 Å². The van der Waals surface area contributed by atoms with Gasteiger partial charge in [0.05, 0.1) is 13.7 Å². The number of nitrogens with zero attached hydrogens (tertiary/aromatic N) is 3. The molecule has 1 aromatic heterocycles. The van der Waals surface area contributed by atoms with E-state index in [2.05, 4.69) is 33.6 Å². The van der Waals surface area contributed by atoms with E-state index in [0.717, 1.165) is 49.6 Å². The maximum Gasteiger partial charge on any atom is 0.251 e. The first-order valence-electron chi connectivity index (χ1n) is 10.8. The van der Waals surface area contributed by atoms with Crippen molar-refractivity contribution in [1.29, 1.82) is 0 Å². The number of likely N-dealkylation sites (tertiary alicyclic amines) is 1. The maximum absolute atomic E-state index is 13.0. The van der Waals surface area contributed by atoms with Crippen molar-refractivity contribution >= 4 is 5.91 Å². The van der Waals surface area contributed by atoms with Crippen LogP contribution in [-0.4, -0.2) is 53.2 Å². The fraction of sp³-hybridized carbons (Fsp3) is 0.565. The van der Waals surface area contributed by atoms with Gasteiger partial charge in [0.25, 0.3) is 5.91 Å². The van der Waals surface area contributed by atoms with Crippen molar-refractivity contribution in [2.75, 3.05) is 26.7 Å². The van der Waals surface area contributed by atoms with Crippen LogP contribution in [0.15, 0.2) is 36.7 Å². The van der Waals surface area contributed by atoms with Gasteiger partial charge in [0.15, 0.2) is 6.10 Å². The molecular weight excluding hydrogens is 380 g/mol. The number of hydrogen-bond donors (Lipinski definition) is 1. The predicted octanol–water partition coefficient (Wildman–Crippen LogP) is 2.55. The molecule has 1 aromatic carbocycles. The molecule has 30 heavy (non-hydrogen) atoms. The number of benzene rings is 1. The van der Waals surface area contributed by atoms with Gasteiger partial charge in [0, 0.05) is 38.6 Å². The first-order valence-corrected chi connectivity index (χ1v) is 10.8. The van der Waals surface area contributed by atoms with Gasteiger partial charge in [-0.1, -0.05) is 26.0 Å². The third kappa shape index (κ3) is 4.37. The molecular formula is C23H32N4O3. The van der Waals surface area contributed by atoms with E-state index in [9.17, 15) is 4.79 Å². The first kappa shape index (κ1) is 20.9. The summed E-state index contributed by atoms with van der Waals surface area (Å²) in [6, 6.07) is 7.73. The van der Waals surface area contributed by atoms with Gasteiger partial charge >= 0.3 is 0 Å². The zero-order valence-electron chi connectivity index (χ0n) is 18.1. The number of aromatic nitrogens is 2. The molecule has 0 radical (unpaired) electrons. The van der Waals surface area contributed by atoms with Crippen molar-refractivity contribution in [2.24, 2.45) is 5.92 Å². The molecule has 0 saturated carbocycles. The zero-order chi connectivity index (χ0) is 21.1. The Kier molecular flexibility index (Phi) is 6.11. The molecule has 2 aliphatic heterocycles. The lowest BCUT2D eigenvalue weighted by Gasteiger charge is -2.45. The molecule has 162 valence electrons. The number of amides is 1. The molecule has 1 spiro atoms. The molecule has 2 aromatic rings. The smallest absolute Gasteiger partial charge is 0.251 e. The van der Waals surface area contributed by atoms with E-state index in [1.165, 1.54) is 0 Å². The van der Waals surface area contributed by atoms with Crippen LogP contribution in [0.5, 0.6) is 5.75 Å². The lowest BCUT2D eigenvalue weighted by molar-refractivity contribution is -0.173. The summed E-state index contributed by atoms with van der Waals surface area (Å²) >= 11 is 0. The highest BCUT2D eigenvalue weighted by Crippen LogP contribution is 2.40. The lowest BCUT2D eigenvalue weighted by Crippen LogP contribution is -2.54. The number of fused-ring (bicyclic) bond motifs is 2. The number of carbonyl (C=O) groups is 1. The summed E-state index contributed by atoms with van der Waals surface area (Å²) in [7, 11) is 1.64. The van der Waals surface area contributed by atoms with E-state index >= 15 is 0 Å². The van der Waals surface area contributed by atoms with Crippen molar-refractivity contribution in [3.8, 4) is 5.75 Å². The normalized spacial score (nSPS) is 20.9. The number of methoxy groups -OCH3 is 1. The Labute approximate surface area is 178 Å². The van der Waals surface area contributed by atoms with Crippen LogP contribution in [0.3, 0.4) is 0 Å². The zero-order valence-corrected chi connectivity index (χ0v) is 18.1. The van der Waals surface area contributed by atoms with Crippen LogP contribution in [0.25, 0.3) is 0 Å². The van der Waals surface area contributed by atoms with E-state index in [0.29, 0.717) is 19.0 Å². The second-order valence-electron chi connectivity index (χ2n) is 8.77. The topological polar surface area (TPSA) is 68.6 Å².